The quantitative estimate of drug-likeness (QED) is 0.681. The molecule has 1 heterocycles. The van der Waals surface area contributed by atoms with Gasteiger partial charge >= 0.3 is 12.1 Å². The van der Waals surface area contributed by atoms with Crippen LogP contribution >= 0.6 is 23.4 Å². The van der Waals surface area contributed by atoms with Gasteiger partial charge in [0.05, 0.1) is 21.7 Å². The summed E-state index contributed by atoms with van der Waals surface area (Å²) < 4.78 is 39.5. The van der Waals surface area contributed by atoms with Crippen LogP contribution in [-0.2, 0) is 11.0 Å². The molecule has 144 valence electrons. The summed E-state index contributed by atoms with van der Waals surface area (Å²) in [5.41, 5.74) is -0.725. The normalized spacial score (nSPS) is 17.2. The number of aromatic carboxylic acids is 1. The Morgan fingerprint density at radius 1 is 1.18 bits per heavy atom. The molecule has 0 spiro atoms. The predicted octanol–water partition coefficient (Wildman–Crippen LogP) is 4.95. The Morgan fingerprint density at radius 2 is 1.86 bits per heavy atom. The van der Waals surface area contributed by atoms with E-state index in [9.17, 15) is 22.8 Å². The van der Waals surface area contributed by atoms with Gasteiger partial charge in [-0.2, -0.15) is 13.2 Å². The van der Waals surface area contributed by atoms with Crippen molar-refractivity contribution in [3.63, 3.8) is 0 Å². The average molecular weight is 427 g/mol. The fourth-order valence-corrected chi connectivity index (χ4v) is 3.30. The van der Waals surface area contributed by atoms with Crippen molar-refractivity contribution in [1.82, 2.24) is 5.32 Å². The Morgan fingerprint density at radius 3 is 2.46 bits per heavy atom. The highest BCUT2D eigenvalue weighted by Gasteiger charge is 2.34. The van der Waals surface area contributed by atoms with Crippen LogP contribution in [0.15, 0.2) is 52.4 Å². The van der Waals surface area contributed by atoms with E-state index in [2.05, 4.69) is 10.3 Å². The molecule has 0 aromatic heterocycles. The van der Waals surface area contributed by atoms with Crippen LogP contribution in [0.25, 0.3) is 6.08 Å². The second kappa shape index (κ2) is 7.69. The lowest BCUT2D eigenvalue weighted by Crippen LogP contribution is -2.19. The molecule has 28 heavy (non-hydrogen) atoms. The van der Waals surface area contributed by atoms with Crippen molar-refractivity contribution in [3.8, 4) is 0 Å². The summed E-state index contributed by atoms with van der Waals surface area (Å²) in [6.07, 6.45) is -3.16. The zero-order valence-corrected chi connectivity index (χ0v) is 15.3. The van der Waals surface area contributed by atoms with Gasteiger partial charge in [0.15, 0.2) is 5.17 Å². The number of halogens is 4. The van der Waals surface area contributed by atoms with Crippen molar-refractivity contribution in [2.75, 3.05) is 0 Å². The number of carboxylic acid groups (broad SMARTS) is 1. The summed E-state index contributed by atoms with van der Waals surface area (Å²) >= 11 is 6.51. The fourth-order valence-electron chi connectivity index (χ4n) is 2.30. The number of carbonyl (C=O) groups excluding carboxylic acids is 1. The first kappa shape index (κ1) is 20.0. The van der Waals surface area contributed by atoms with Crippen molar-refractivity contribution in [2.45, 2.75) is 6.18 Å². The molecule has 0 atom stereocenters. The molecule has 0 radical (unpaired) electrons. The molecule has 0 unspecified atom stereocenters. The second-order valence-electron chi connectivity index (χ2n) is 5.57. The maximum atomic E-state index is 13.2. The number of hydrogen-bond acceptors (Lipinski definition) is 4. The molecule has 2 N–H and O–H groups in total. The van der Waals surface area contributed by atoms with Gasteiger partial charge in [0, 0.05) is 5.02 Å². The lowest BCUT2D eigenvalue weighted by atomic mass is 10.1. The Bertz CT molecular complexity index is 1020. The van der Waals surface area contributed by atoms with Crippen LogP contribution < -0.4 is 5.32 Å². The van der Waals surface area contributed by atoms with Crippen molar-refractivity contribution >= 4 is 52.2 Å². The maximum absolute atomic E-state index is 13.2. The molecule has 1 fully saturated rings. The standard InChI is InChI=1S/C18H10ClF3N2O3S/c19-11-5-6-13(12(8-11)18(20,21)22)23-17-24-15(25)14(28-17)7-9-1-3-10(4-2-9)16(26)27/h1-8H,(H,26,27)(H,23,24,25). The SMILES string of the molecule is O=C1NC(=Nc2ccc(Cl)cc2C(F)(F)F)SC1=Cc1ccc(C(=O)O)cc1. The van der Waals surface area contributed by atoms with Crippen LogP contribution in [0.5, 0.6) is 0 Å². The van der Waals surface area contributed by atoms with Crippen molar-refractivity contribution in [1.29, 1.82) is 0 Å². The number of nitrogens with zero attached hydrogens (tertiary/aromatic N) is 1. The van der Waals surface area contributed by atoms with Gasteiger partial charge < -0.3 is 10.4 Å². The van der Waals surface area contributed by atoms with Gasteiger partial charge in [0.25, 0.3) is 5.91 Å². The van der Waals surface area contributed by atoms with Crippen LogP contribution in [0, 0.1) is 0 Å². The number of rotatable bonds is 3. The number of hydrogen-bond donors (Lipinski definition) is 2. The Hall–Kier alpha value is -2.78. The summed E-state index contributed by atoms with van der Waals surface area (Å²) in [6.45, 7) is 0. The van der Waals surface area contributed by atoms with Crippen molar-refractivity contribution < 1.29 is 27.9 Å². The van der Waals surface area contributed by atoms with Gasteiger partial charge in [-0.15, -0.1) is 0 Å². The lowest BCUT2D eigenvalue weighted by Gasteiger charge is -2.10. The van der Waals surface area contributed by atoms with Gasteiger partial charge in [-0.25, -0.2) is 9.79 Å². The predicted molar refractivity (Wildman–Crippen MR) is 101 cm³/mol. The fraction of sp³-hybridized carbons (Fsp3) is 0.0556. The first-order chi connectivity index (χ1) is 13.1. The Labute approximate surface area is 165 Å². The smallest absolute Gasteiger partial charge is 0.418 e. The molecule has 3 rings (SSSR count). The maximum Gasteiger partial charge on any atom is 0.418 e. The average Bonchev–Trinajstić information content (AvgIpc) is 2.95. The monoisotopic (exact) mass is 426 g/mol. The van der Waals surface area contributed by atoms with Crippen molar-refractivity contribution in [2.24, 2.45) is 4.99 Å². The van der Waals surface area contributed by atoms with Crippen LogP contribution in [0.4, 0.5) is 18.9 Å². The molecular weight excluding hydrogens is 417 g/mol. The number of amides is 1. The number of benzene rings is 2. The summed E-state index contributed by atoms with van der Waals surface area (Å²) in [7, 11) is 0. The van der Waals surface area contributed by atoms with E-state index in [0.717, 1.165) is 23.9 Å². The van der Waals surface area contributed by atoms with Crippen LogP contribution in [0.2, 0.25) is 5.02 Å². The molecule has 1 aliphatic heterocycles. The second-order valence-corrected chi connectivity index (χ2v) is 7.04. The van der Waals surface area contributed by atoms with Gasteiger partial charge in [0.2, 0.25) is 0 Å². The van der Waals surface area contributed by atoms with E-state index in [0.29, 0.717) is 5.56 Å². The third-order valence-corrected chi connectivity index (χ3v) is 4.74. The minimum atomic E-state index is -4.65. The number of alkyl halides is 3. The van der Waals surface area contributed by atoms with Gasteiger partial charge in [-0.05, 0) is 53.7 Å². The van der Waals surface area contributed by atoms with E-state index >= 15 is 0 Å². The molecule has 1 saturated heterocycles. The van der Waals surface area contributed by atoms with Crippen molar-refractivity contribution in [3.05, 3.63) is 69.1 Å². The minimum absolute atomic E-state index is 0.00812. The molecule has 5 nitrogen and oxygen atoms in total. The number of aliphatic imine (C=N–C) groups is 1. The van der Waals surface area contributed by atoms with E-state index in [4.69, 9.17) is 16.7 Å². The van der Waals surface area contributed by atoms with Crippen LogP contribution in [-0.4, -0.2) is 22.2 Å². The van der Waals surface area contributed by atoms with Crippen LogP contribution in [0.3, 0.4) is 0 Å². The van der Waals surface area contributed by atoms with Crippen LogP contribution in [0.1, 0.15) is 21.5 Å². The summed E-state index contributed by atoms with van der Waals surface area (Å²) in [5, 5.41) is 11.2. The number of nitrogens with one attached hydrogen (secondary N) is 1. The summed E-state index contributed by atoms with van der Waals surface area (Å²) in [6, 6.07) is 8.95. The molecule has 0 bridgehead atoms. The first-order valence-corrected chi connectivity index (χ1v) is 8.82. The van der Waals surface area contributed by atoms with E-state index in [-0.39, 0.29) is 26.3 Å². The molecule has 10 heteroatoms. The molecule has 0 aliphatic carbocycles. The largest absolute Gasteiger partial charge is 0.478 e. The van der Waals surface area contributed by atoms with Gasteiger partial charge in [-0.3, -0.25) is 4.79 Å². The molecular formula is C18H10ClF3N2O3S. The zero-order valence-electron chi connectivity index (χ0n) is 13.7. The number of carboxylic acids is 1. The van der Waals surface area contributed by atoms with Gasteiger partial charge in [0.1, 0.15) is 0 Å². The topological polar surface area (TPSA) is 78.8 Å². The van der Waals surface area contributed by atoms with E-state index in [1.165, 1.54) is 36.4 Å². The highest BCUT2D eigenvalue weighted by atomic mass is 35.5. The number of amidine groups is 1. The molecule has 2 aromatic carbocycles. The minimum Gasteiger partial charge on any atom is -0.478 e. The van der Waals surface area contributed by atoms with E-state index in [1.807, 2.05) is 0 Å². The molecule has 2 aromatic rings. The third kappa shape index (κ3) is 4.55. The Kier molecular flexibility index (Phi) is 5.48. The molecule has 0 saturated carbocycles. The summed E-state index contributed by atoms with van der Waals surface area (Å²) in [5.74, 6) is -1.60. The van der Waals surface area contributed by atoms with E-state index < -0.39 is 23.6 Å². The van der Waals surface area contributed by atoms with E-state index in [1.54, 1.807) is 0 Å². The molecule has 1 aliphatic rings. The lowest BCUT2D eigenvalue weighted by molar-refractivity contribution is -0.137. The zero-order chi connectivity index (χ0) is 20.5. The third-order valence-electron chi connectivity index (χ3n) is 3.59. The Balaban J connectivity index is 1.88. The highest BCUT2D eigenvalue weighted by Crippen LogP contribution is 2.39. The highest BCUT2D eigenvalue weighted by molar-refractivity contribution is 8.18. The number of thioether (sulfide) groups is 1. The number of carbonyl (C=O) groups is 2. The summed E-state index contributed by atoms with van der Waals surface area (Å²) in [4.78, 5) is 27.0. The van der Waals surface area contributed by atoms with Gasteiger partial charge in [-0.1, -0.05) is 23.7 Å². The molecule has 1 amide bonds. The first-order valence-electron chi connectivity index (χ1n) is 7.63.